The summed E-state index contributed by atoms with van der Waals surface area (Å²) in [6, 6.07) is 11.3. The highest BCUT2D eigenvalue weighted by atomic mass is 32.2. The standard InChI is InChI=1S/C20H23FN2O5S/c1-14(2)23-29(26,27)17-8-5-7-16(12-17)20(25)28-13-19(24)22-11-10-15-6-3-4-9-18(15)21/h3-9,12,14,23H,10-11,13H2,1-2H3,(H,22,24). The highest BCUT2D eigenvalue weighted by Crippen LogP contribution is 2.13. The minimum Gasteiger partial charge on any atom is -0.452 e. The molecule has 1 amide bonds. The Hall–Kier alpha value is -2.78. The number of carbonyl (C=O) groups excluding carboxylic acids is 2. The van der Waals surface area contributed by atoms with E-state index in [1.165, 1.54) is 30.3 Å². The van der Waals surface area contributed by atoms with Gasteiger partial charge in [-0.3, -0.25) is 4.79 Å². The van der Waals surface area contributed by atoms with Gasteiger partial charge in [0.1, 0.15) is 5.82 Å². The summed E-state index contributed by atoms with van der Waals surface area (Å²) in [5.41, 5.74) is 0.480. The number of sulfonamides is 1. The molecule has 9 heteroatoms. The van der Waals surface area contributed by atoms with Crippen molar-refractivity contribution in [2.75, 3.05) is 13.2 Å². The first-order chi connectivity index (χ1) is 13.7. The zero-order valence-corrected chi connectivity index (χ0v) is 17.0. The molecule has 0 unspecified atom stereocenters. The van der Waals surface area contributed by atoms with Crippen molar-refractivity contribution < 1.29 is 27.1 Å². The summed E-state index contributed by atoms with van der Waals surface area (Å²) in [7, 11) is -3.76. The Bertz CT molecular complexity index is 976. The number of carbonyl (C=O) groups is 2. The van der Waals surface area contributed by atoms with Crippen LogP contribution in [-0.4, -0.2) is 39.5 Å². The van der Waals surface area contributed by atoms with Crippen LogP contribution < -0.4 is 10.0 Å². The van der Waals surface area contributed by atoms with E-state index >= 15 is 0 Å². The summed E-state index contributed by atoms with van der Waals surface area (Å²) in [6.07, 6.45) is 0.301. The van der Waals surface area contributed by atoms with Gasteiger partial charge in [-0.05, 0) is 50.1 Å². The van der Waals surface area contributed by atoms with Gasteiger partial charge in [-0.2, -0.15) is 0 Å². The minimum atomic E-state index is -3.76. The summed E-state index contributed by atoms with van der Waals surface area (Å²) in [5, 5.41) is 2.53. The fourth-order valence-corrected chi connectivity index (χ4v) is 3.77. The van der Waals surface area contributed by atoms with E-state index < -0.39 is 28.5 Å². The third-order valence-corrected chi connectivity index (χ3v) is 5.44. The third-order valence-electron chi connectivity index (χ3n) is 3.78. The fourth-order valence-electron chi connectivity index (χ4n) is 2.47. The van der Waals surface area contributed by atoms with E-state index in [1.54, 1.807) is 32.0 Å². The maximum Gasteiger partial charge on any atom is 0.338 e. The number of rotatable bonds is 9. The fraction of sp³-hybridized carbons (Fsp3) is 0.300. The SMILES string of the molecule is CC(C)NS(=O)(=O)c1cccc(C(=O)OCC(=O)NCCc2ccccc2F)c1. The lowest BCUT2D eigenvalue weighted by atomic mass is 10.1. The Labute approximate surface area is 169 Å². The molecule has 0 aliphatic carbocycles. The average molecular weight is 422 g/mol. The van der Waals surface area contributed by atoms with Crippen LogP contribution in [0.25, 0.3) is 0 Å². The van der Waals surface area contributed by atoms with Gasteiger partial charge in [-0.1, -0.05) is 24.3 Å². The first kappa shape index (κ1) is 22.5. The van der Waals surface area contributed by atoms with Crippen molar-refractivity contribution in [1.29, 1.82) is 0 Å². The molecule has 2 aromatic carbocycles. The number of hydrogen-bond acceptors (Lipinski definition) is 5. The van der Waals surface area contributed by atoms with Crippen molar-refractivity contribution in [3.05, 3.63) is 65.5 Å². The van der Waals surface area contributed by atoms with Gasteiger partial charge in [0.05, 0.1) is 10.5 Å². The predicted octanol–water partition coefficient (Wildman–Crippen LogP) is 2.03. The van der Waals surface area contributed by atoms with Crippen LogP contribution in [0.15, 0.2) is 53.4 Å². The smallest absolute Gasteiger partial charge is 0.338 e. The zero-order valence-electron chi connectivity index (χ0n) is 16.1. The second kappa shape index (κ2) is 10.1. The minimum absolute atomic E-state index is 0.00999. The molecule has 0 bridgehead atoms. The van der Waals surface area contributed by atoms with Gasteiger partial charge in [-0.15, -0.1) is 0 Å². The number of ether oxygens (including phenoxy) is 1. The molecule has 29 heavy (non-hydrogen) atoms. The number of amides is 1. The summed E-state index contributed by atoms with van der Waals surface area (Å²) >= 11 is 0. The topological polar surface area (TPSA) is 102 Å². The summed E-state index contributed by atoms with van der Waals surface area (Å²) in [4.78, 5) is 23.9. The van der Waals surface area contributed by atoms with Gasteiger partial charge in [0.25, 0.3) is 5.91 Å². The molecular formula is C20H23FN2O5S. The van der Waals surface area contributed by atoms with Crippen molar-refractivity contribution in [2.45, 2.75) is 31.2 Å². The second-order valence-corrected chi connectivity index (χ2v) is 8.29. The van der Waals surface area contributed by atoms with Crippen LogP contribution in [0.5, 0.6) is 0 Å². The molecule has 0 aliphatic heterocycles. The van der Waals surface area contributed by atoms with Gasteiger partial charge in [0, 0.05) is 12.6 Å². The molecule has 2 aromatic rings. The molecule has 2 N–H and O–H groups in total. The van der Waals surface area contributed by atoms with Gasteiger partial charge < -0.3 is 10.1 Å². The second-order valence-electron chi connectivity index (χ2n) is 6.57. The molecule has 0 heterocycles. The number of hydrogen-bond donors (Lipinski definition) is 2. The zero-order chi connectivity index (χ0) is 21.4. The summed E-state index contributed by atoms with van der Waals surface area (Å²) in [6.45, 7) is 3.02. The molecule has 0 aromatic heterocycles. The molecule has 0 fully saturated rings. The summed E-state index contributed by atoms with van der Waals surface area (Å²) in [5.74, 6) is -1.72. The van der Waals surface area contributed by atoms with E-state index in [0.717, 1.165) is 0 Å². The first-order valence-electron chi connectivity index (χ1n) is 8.98. The van der Waals surface area contributed by atoms with Crippen LogP contribution in [-0.2, 0) is 26.0 Å². The number of benzene rings is 2. The largest absolute Gasteiger partial charge is 0.452 e. The van der Waals surface area contributed by atoms with Crippen LogP contribution in [0.3, 0.4) is 0 Å². The molecule has 7 nitrogen and oxygen atoms in total. The Morgan fingerprint density at radius 3 is 2.52 bits per heavy atom. The van der Waals surface area contributed by atoms with E-state index in [0.29, 0.717) is 12.0 Å². The van der Waals surface area contributed by atoms with E-state index in [9.17, 15) is 22.4 Å². The normalized spacial score (nSPS) is 11.3. The molecule has 0 aliphatic rings. The van der Waals surface area contributed by atoms with E-state index in [2.05, 4.69) is 10.0 Å². The Kier molecular flexibility index (Phi) is 7.86. The van der Waals surface area contributed by atoms with E-state index in [1.807, 2.05) is 0 Å². The maximum absolute atomic E-state index is 13.5. The highest BCUT2D eigenvalue weighted by molar-refractivity contribution is 7.89. The lowest BCUT2D eigenvalue weighted by Crippen LogP contribution is -2.31. The maximum atomic E-state index is 13.5. The van der Waals surface area contributed by atoms with Gasteiger partial charge in [0.2, 0.25) is 10.0 Å². The van der Waals surface area contributed by atoms with Crippen molar-refractivity contribution in [3.8, 4) is 0 Å². The molecular weight excluding hydrogens is 399 g/mol. The van der Waals surface area contributed by atoms with Crippen LogP contribution in [0.2, 0.25) is 0 Å². The molecule has 2 rings (SSSR count). The lowest BCUT2D eigenvalue weighted by Gasteiger charge is -2.11. The Morgan fingerprint density at radius 2 is 1.83 bits per heavy atom. The van der Waals surface area contributed by atoms with Gasteiger partial charge in [0.15, 0.2) is 6.61 Å². The van der Waals surface area contributed by atoms with E-state index in [-0.39, 0.29) is 28.9 Å². The third kappa shape index (κ3) is 6.95. The van der Waals surface area contributed by atoms with Gasteiger partial charge >= 0.3 is 5.97 Å². The van der Waals surface area contributed by atoms with Crippen molar-refractivity contribution >= 4 is 21.9 Å². The van der Waals surface area contributed by atoms with Gasteiger partial charge in [-0.25, -0.2) is 22.3 Å². The van der Waals surface area contributed by atoms with Crippen molar-refractivity contribution in [1.82, 2.24) is 10.0 Å². The lowest BCUT2D eigenvalue weighted by molar-refractivity contribution is -0.124. The Balaban J connectivity index is 1.86. The highest BCUT2D eigenvalue weighted by Gasteiger charge is 2.18. The average Bonchev–Trinajstić information content (AvgIpc) is 2.67. The predicted molar refractivity (Wildman–Crippen MR) is 105 cm³/mol. The van der Waals surface area contributed by atoms with Crippen LogP contribution in [0, 0.1) is 5.82 Å². The number of nitrogens with one attached hydrogen (secondary N) is 2. The van der Waals surface area contributed by atoms with Crippen molar-refractivity contribution in [2.24, 2.45) is 0 Å². The number of esters is 1. The monoisotopic (exact) mass is 422 g/mol. The number of halogens is 1. The molecule has 0 spiro atoms. The molecule has 156 valence electrons. The molecule has 0 saturated heterocycles. The Morgan fingerprint density at radius 1 is 1.10 bits per heavy atom. The van der Waals surface area contributed by atoms with Crippen LogP contribution in [0.4, 0.5) is 4.39 Å². The van der Waals surface area contributed by atoms with E-state index in [4.69, 9.17) is 4.74 Å². The molecule has 0 saturated carbocycles. The molecule has 0 atom stereocenters. The van der Waals surface area contributed by atoms with Crippen molar-refractivity contribution in [3.63, 3.8) is 0 Å². The first-order valence-corrected chi connectivity index (χ1v) is 10.5. The molecule has 0 radical (unpaired) electrons. The van der Waals surface area contributed by atoms with Crippen LogP contribution >= 0.6 is 0 Å². The quantitative estimate of drug-likeness (QED) is 0.602. The summed E-state index contributed by atoms with van der Waals surface area (Å²) < 4.78 is 45.2. The van der Waals surface area contributed by atoms with Crippen LogP contribution in [0.1, 0.15) is 29.8 Å².